The third kappa shape index (κ3) is 3.64. The van der Waals surface area contributed by atoms with Crippen molar-refractivity contribution in [3.8, 4) is 0 Å². The van der Waals surface area contributed by atoms with E-state index < -0.39 is 10.0 Å². The van der Waals surface area contributed by atoms with Gasteiger partial charge < -0.3 is 5.32 Å². The number of piperidine rings is 1. The minimum absolute atomic E-state index is 0. The van der Waals surface area contributed by atoms with Crippen LogP contribution in [0.3, 0.4) is 0 Å². The van der Waals surface area contributed by atoms with Gasteiger partial charge in [0.25, 0.3) is 10.0 Å². The number of nitrogens with zero attached hydrogens (tertiary/aromatic N) is 1. The Hall–Kier alpha value is -0.210. The number of halogens is 1. The molecule has 2 atom stereocenters. The minimum Gasteiger partial charge on any atom is -0.313 e. The lowest BCUT2D eigenvalue weighted by Gasteiger charge is -2.30. The highest BCUT2D eigenvalue weighted by molar-refractivity contribution is 7.91. The summed E-state index contributed by atoms with van der Waals surface area (Å²) in [6.07, 6.45) is 3.30. The van der Waals surface area contributed by atoms with Crippen LogP contribution in [0.1, 0.15) is 24.8 Å². The summed E-state index contributed by atoms with van der Waals surface area (Å²) in [6, 6.07) is 0.142. The second kappa shape index (κ2) is 6.29. The number of hydrogen-bond donors (Lipinski definition) is 2. The fourth-order valence-corrected chi connectivity index (χ4v) is 4.40. The summed E-state index contributed by atoms with van der Waals surface area (Å²) < 4.78 is 27.2. The molecular formula is C10H18ClN3O2S2. The molecule has 0 aromatic carbocycles. The molecule has 0 saturated carbocycles. The molecule has 1 aromatic rings. The number of hydrogen-bond acceptors (Lipinski definition) is 5. The molecule has 2 N–H and O–H groups in total. The van der Waals surface area contributed by atoms with E-state index in [9.17, 15) is 8.42 Å². The molecule has 5 nitrogen and oxygen atoms in total. The van der Waals surface area contributed by atoms with Gasteiger partial charge in [-0.05, 0) is 33.2 Å². The van der Waals surface area contributed by atoms with Crippen LogP contribution in [0.2, 0.25) is 0 Å². The molecule has 1 aromatic heterocycles. The number of rotatable bonds is 3. The van der Waals surface area contributed by atoms with Crippen molar-refractivity contribution < 1.29 is 8.42 Å². The van der Waals surface area contributed by atoms with E-state index in [0.717, 1.165) is 24.4 Å². The Balaban J connectivity index is 0.00000162. The van der Waals surface area contributed by atoms with Crippen LogP contribution in [0, 0.1) is 6.92 Å². The molecular weight excluding hydrogens is 294 g/mol. The fraction of sp³-hybridized carbons (Fsp3) is 0.700. The normalized spacial score (nSPS) is 24.6. The molecule has 18 heavy (non-hydrogen) atoms. The van der Waals surface area contributed by atoms with Crippen molar-refractivity contribution in [1.29, 1.82) is 0 Å². The number of thiazole rings is 1. The molecule has 1 aliphatic rings. The highest BCUT2D eigenvalue weighted by atomic mass is 35.5. The summed E-state index contributed by atoms with van der Waals surface area (Å²) in [6.45, 7) is 4.76. The molecule has 0 spiro atoms. The van der Waals surface area contributed by atoms with E-state index >= 15 is 0 Å². The topological polar surface area (TPSA) is 71.1 Å². The molecule has 1 fully saturated rings. The smallest absolute Gasteiger partial charge is 0.251 e. The van der Waals surface area contributed by atoms with Crippen LogP contribution in [0.25, 0.3) is 0 Å². The van der Waals surface area contributed by atoms with Crippen LogP contribution < -0.4 is 10.0 Å². The Morgan fingerprint density at radius 2 is 2.28 bits per heavy atom. The molecule has 0 aliphatic carbocycles. The van der Waals surface area contributed by atoms with Gasteiger partial charge in [0.05, 0.1) is 11.2 Å². The van der Waals surface area contributed by atoms with Crippen molar-refractivity contribution in [3.63, 3.8) is 0 Å². The summed E-state index contributed by atoms with van der Waals surface area (Å²) in [5, 5.41) is 4.04. The Bertz CT molecular complexity index is 489. The Kier molecular flexibility index (Phi) is 5.54. The minimum atomic E-state index is -3.41. The molecule has 8 heteroatoms. The first kappa shape index (κ1) is 15.8. The summed E-state index contributed by atoms with van der Waals surface area (Å²) in [4.78, 5) is 3.98. The van der Waals surface area contributed by atoms with Crippen molar-refractivity contribution >= 4 is 33.8 Å². The first-order valence-corrected chi connectivity index (χ1v) is 7.97. The average Bonchev–Trinajstić information content (AvgIpc) is 2.69. The molecule has 2 unspecified atom stereocenters. The largest absolute Gasteiger partial charge is 0.313 e. The van der Waals surface area contributed by atoms with Crippen molar-refractivity contribution in [2.24, 2.45) is 0 Å². The molecule has 2 rings (SSSR count). The van der Waals surface area contributed by atoms with Crippen LogP contribution in [0.4, 0.5) is 0 Å². The second-order valence-corrected chi connectivity index (χ2v) is 7.49. The zero-order valence-electron chi connectivity index (χ0n) is 10.3. The summed E-state index contributed by atoms with van der Waals surface area (Å²) >= 11 is 1.20. The SMILES string of the molecule is Cc1ncc(S(=O)(=O)NC2CCCNC2C)s1.Cl. The quantitative estimate of drug-likeness (QED) is 0.882. The predicted molar refractivity (Wildman–Crippen MR) is 74.9 cm³/mol. The average molecular weight is 312 g/mol. The number of aromatic nitrogens is 1. The summed E-state index contributed by atoms with van der Waals surface area (Å²) in [7, 11) is -3.41. The van der Waals surface area contributed by atoms with Gasteiger partial charge in [0.15, 0.2) is 4.21 Å². The first-order valence-electron chi connectivity index (χ1n) is 5.67. The van der Waals surface area contributed by atoms with Crippen molar-refractivity contribution in [1.82, 2.24) is 15.0 Å². The highest BCUT2D eigenvalue weighted by Gasteiger charge is 2.27. The van der Waals surface area contributed by atoms with E-state index in [1.807, 2.05) is 6.92 Å². The van der Waals surface area contributed by atoms with Gasteiger partial charge in [0.2, 0.25) is 0 Å². The highest BCUT2D eigenvalue weighted by Crippen LogP contribution is 2.19. The molecule has 1 aliphatic heterocycles. The Morgan fingerprint density at radius 1 is 1.56 bits per heavy atom. The maximum absolute atomic E-state index is 12.1. The van der Waals surface area contributed by atoms with Crippen LogP contribution in [-0.2, 0) is 10.0 Å². The van der Waals surface area contributed by atoms with E-state index in [-0.39, 0.29) is 24.5 Å². The van der Waals surface area contributed by atoms with Gasteiger partial charge in [-0.3, -0.25) is 0 Å². The number of sulfonamides is 1. The van der Waals surface area contributed by atoms with E-state index in [0.29, 0.717) is 4.21 Å². The van der Waals surface area contributed by atoms with Gasteiger partial charge >= 0.3 is 0 Å². The molecule has 104 valence electrons. The lowest BCUT2D eigenvalue weighted by Crippen LogP contribution is -2.51. The maximum atomic E-state index is 12.1. The fourth-order valence-electron chi connectivity index (χ4n) is 1.93. The third-order valence-electron chi connectivity index (χ3n) is 2.93. The van der Waals surface area contributed by atoms with E-state index in [1.165, 1.54) is 17.5 Å². The van der Waals surface area contributed by atoms with Gasteiger partial charge in [-0.2, -0.15) is 0 Å². The Morgan fingerprint density at radius 3 is 2.83 bits per heavy atom. The predicted octanol–water partition coefficient (Wildman–Crippen LogP) is 1.29. The zero-order valence-corrected chi connectivity index (χ0v) is 12.8. The second-order valence-electron chi connectivity index (χ2n) is 4.31. The monoisotopic (exact) mass is 311 g/mol. The molecule has 0 radical (unpaired) electrons. The summed E-state index contributed by atoms with van der Waals surface area (Å²) in [5.74, 6) is 0. The van der Waals surface area contributed by atoms with E-state index in [4.69, 9.17) is 0 Å². The van der Waals surface area contributed by atoms with Gasteiger partial charge in [-0.15, -0.1) is 23.7 Å². The van der Waals surface area contributed by atoms with Crippen LogP contribution in [0.5, 0.6) is 0 Å². The van der Waals surface area contributed by atoms with Crippen LogP contribution >= 0.6 is 23.7 Å². The Labute approximate surface area is 118 Å². The lowest BCUT2D eigenvalue weighted by atomic mass is 10.0. The van der Waals surface area contributed by atoms with Crippen LogP contribution in [0.15, 0.2) is 10.4 Å². The van der Waals surface area contributed by atoms with Crippen molar-refractivity contribution in [2.45, 2.75) is 43.0 Å². The molecule has 1 saturated heterocycles. The maximum Gasteiger partial charge on any atom is 0.251 e. The standard InChI is InChI=1S/C10H17N3O2S2.ClH/c1-7-9(4-3-5-11-7)13-17(14,15)10-6-12-8(2)16-10;/h6-7,9,11,13H,3-5H2,1-2H3;1H. The molecule has 0 bridgehead atoms. The number of nitrogens with one attached hydrogen (secondary N) is 2. The summed E-state index contributed by atoms with van der Waals surface area (Å²) in [5.41, 5.74) is 0. The van der Waals surface area contributed by atoms with Crippen LogP contribution in [-0.4, -0.2) is 32.0 Å². The van der Waals surface area contributed by atoms with Crippen molar-refractivity contribution in [2.75, 3.05) is 6.54 Å². The first-order chi connectivity index (χ1) is 7.99. The van der Waals surface area contributed by atoms with Gasteiger partial charge in [-0.25, -0.2) is 18.1 Å². The lowest BCUT2D eigenvalue weighted by molar-refractivity contribution is 0.349. The molecule has 0 amide bonds. The van der Waals surface area contributed by atoms with E-state index in [2.05, 4.69) is 15.0 Å². The van der Waals surface area contributed by atoms with E-state index in [1.54, 1.807) is 6.92 Å². The zero-order chi connectivity index (χ0) is 12.5. The van der Waals surface area contributed by atoms with Gasteiger partial charge in [-0.1, -0.05) is 0 Å². The molecule has 2 heterocycles. The van der Waals surface area contributed by atoms with Gasteiger partial charge in [0.1, 0.15) is 0 Å². The van der Waals surface area contributed by atoms with Gasteiger partial charge in [0, 0.05) is 12.1 Å². The number of aryl methyl sites for hydroxylation is 1. The van der Waals surface area contributed by atoms with Crippen molar-refractivity contribution in [3.05, 3.63) is 11.2 Å². The third-order valence-corrected chi connectivity index (χ3v) is 5.80.